The van der Waals surface area contributed by atoms with Crippen LogP contribution in [0.2, 0.25) is 0 Å². The molecule has 0 spiro atoms. The number of Topliss-reactive ketones (excluding diaryl/α,β-unsaturated/α-hetero) is 4. The number of phenols is 1. The van der Waals surface area contributed by atoms with E-state index in [4.69, 9.17) is 17.2 Å². The number of nitriles is 1. The van der Waals surface area contributed by atoms with Crippen molar-refractivity contribution in [3.8, 4) is 23.7 Å². The summed E-state index contributed by atoms with van der Waals surface area (Å²) in [6.45, 7) is 5.92. The number of rotatable bonds is 3. The molecule has 4 rings (SSSR count). The molecule has 1 aromatic carbocycles. The molecule has 0 aliphatic heterocycles. The average Bonchev–Trinajstić information content (AvgIpc) is 2.83. The molecule has 43 heavy (non-hydrogen) atoms. The number of phenolic OH excluding ortho intramolecular Hbond substituents is 1. The maximum Gasteiger partial charge on any atom is 0.235 e. The average molecular weight is 591 g/mol. The van der Waals surface area contributed by atoms with Gasteiger partial charge in [0.2, 0.25) is 5.91 Å². The Labute approximate surface area is 250 Å². The van der Waals surface area contributed by atoms with Crippen LogP contribution in [0.1, 0.15) is 54.2 Å². The topological polar surface area (TPSA) is 214 Å². The molecule has 6 atom stereocenters. The van der Waals surface area contributed by atoms with E-state index in [2.05, 4.69) is 11.8 Å². The Bertz CT molecular complexity index is 1590. The number of benzene rings is 1. The largest absolute Gasteiger partial charge is 0.507 e. The highest BCUT2D eigenvalue weighted by atomic mass is 16.3. The zero-order chi connectivity index (χ0) is 32.6. The van der Waals surface area contributed by atoms with Crippen LogP contribution in [-0.2, 0) is 31.0 Å². The van der Waals surface area contributed by atoms with Gasteiger partial charge in [0.1, 0.15) is 11.7 Å². The zero-order valence-corrected chi connectivity index (χ0v) is 25.5. The molecule has 12 heteroatoms. The minimum Gasteiger partial charge on any atom is -0.507 e. The summed E-state index contributed by atoms with van der Waals surface area (Å²) in [5.41, 5.74) is 12.8. The molecule has 0 radical (unpaired) electrons. The Balaban J connectivity index is 2.05. The lowest BCUT2D eigenvalue weighted by molar-refractivity contribution is -0.166. The predicted octanol–water partition coefficient (Wildman–Crippen LogP) is -0.981. The maximum absolute atomic E-state index is 14.5. The molecule has 2 unspecified atom stereocenters. The van der Waals surface area contributed by atoms with Crippen molar-refractivity contribution in [1.29, 1.82) is 5.26 Å². The van der Waals surface area contributed by atoms with Crippen molar-refractivity contribution in [3.05, 3.63) is 28.3 Å². The lowest BCUT2D eigenvalue weighted by Gasteiger charge is -2.60. The number of fused-ring (bicyclic) bond motifs is 3. The molecule has 0 bridgehead atoms. The van der Waals surface area contributed by atoms with Gasteiger partial charge in [0, 0.05) is 16.7 Å². The van der Waals surface area contributed by atoms with Gasteiger partial charge in [0.05, 0.1) is 29.8 Å². The Morgan fingerprint density at radius 3 is 2.21 bits per heavy atom. The number of amides is 1. The summed E-state index contributed by atoms with van der Waals surface area (Å²) in [6.07, 6.45) is -0.649. The van der Waals surface area contributed by atoms with Crippen LogP contribution in [0.3, 0.4) is 0 Å². The molecule has 0 saturated heterocycles. The lowest BCUT2D eigenvalue weighted by atomic mass is 9.42. The molecule has 3 aliphatic carbocycles. The smallest absolute Gasteiger partial charge is 0.235 e. The summed E-state index contributed by atoms with van der Waals surface area (Å²) in [5, 5.41) is 22.0. The molecule has 2 fully saturated rings. The summed E-state index contributed by atoms with van der Waals surface area (Å²) in [7, 11) is 6.60. The minimum absolute atomic E-state index is 0.159. The van der Waals surface area contributed by atoms with Gasteiger partial charge in [0.15, 0.2) is 34.5 Å². The molecule has 7 N–H and O–H groups in total. The van der Waals surface area contributed by atoms with Crippen LogP contribution < -0.4 is 17.2 Å². The van der Waals surface area contributed by atoms with Gasteiger partial charge in [0.25, 0.3) is 0 Å². The van der Waals surface area contributed by atoms with Crippen LogP contribution in [0, 0.1) is 40.4 Å². The molecular formula is C31H38N6O6. The van der Waals surface area contributed by atoms with Crippen LogP contribution in [-0.4, -0.2) is 95.8 Å². The monoisotopic (exact) mass is 590 g/mol. The molecule has 12 nitrogen and oxygen atoms in total. The van der Waals surface area contributed by atoms with Gasteiger partial charge in [-0.3, -0.25) is 33.8 Å². The molecule has 228 valence electrons. The number of likely N-dealkylation sites (N-methyl/N-ethyl adjacent to an activating group) is 1. The number of carbonyl (C=O) groups excluding carboxylic acids is 5. The Kier molecular flexibility index (Phi) is 7.49. The second-order valence-corrected chi connectivity index (χ2v) is 13.6. The standard InChI is InChI=1S/C31H38N6O6/c1-28(2,3)17-11-15(9-8-10-36(4)5)16-12-29(34)13-31(35)24(37(6)7)23(40)19(27(33)43)25(41)30(31,14-32)26(42)20(29)22(39)18(16)21(17)38/h11,19-20,24,38H,10,12-13,34-35H2,1-7H3,(H2,33,43)/t19?,20?,24-,29-,30+,31-/m1/s1. The van der Waals surface area contributed by atoms with E-state index in [1.54, 1.807) is 12.1 Å². The number of carbonyl (C=O) groups is 5. The second-order valence-electron chi connectivity index (χ2n) is 13.6. The molecule has 1 aromatic rings. The van der Waals surface area contributed by atoms with Crippen molar-refractivity contribution >= 4 is 29.0 Å². The Hall–Kier alpha value is -3.94. The Morgan fingerprint density at radius 1 is 1.12 bits per heavy atom. The third-order valence-corrected chi connectivity index (χ3v) is 9.02. The molecule has 2 saturated carbocycles. The number of nitrogens with two attached hydrogens (primary N) is 3. The number of primary amides is 1. The molecule has 3 aliphatic rings. The van der Waals surface area contributed by atoms with Crippen LogP contribution in [0.5, 0.6) is 5.75 Å². The second kappa shape index (κ2) is 10.1. The first kappa shape index (κ1) is 32.0. The number of hydrogen-bond acceptors (Lipinski definition) is 11. The first-order chi connectivity index (χ1) is 19.7. The number of nitrogens with zero attached hydrogens (tertiary/aromatic N) is 3. The van der Waals surface area contributed by atoms with Gasteiger partial charge in [-0.05, 0) is 58.1 Å². The van der Waals surface area contributed by atoms with Crippen LogP contribution >= 0.6 is 0 Å². The quantitative estimate of drug-likeness (QED) is 0.248. The summed E-state index contributed by atoms with van der Waals surface area (Å²) in [4.78, 5) is 71.9. The molecule has 0 heterocycles. The van der Waals surface area contributed by atoms with Crippen LogP contribution in [0.25, 0.3) is 0 Å². The van der Waals surface area contributed by atoms with E-state index in [-0.39, 0.29) is 17.7 Å². The van der Waals surface area contributed by atoms with E-state index in [0.29, 0.717) is 23.2 Å². The minimum atomic E-state index is -2.79. The predicted molar refractivity (Wildman–Crippen MR) is 155 cm³/mol. The fraction of sp³-hybridized carbons (Fsp3) is 0.548. The van der Waals surface area contributed by atoms with Crippen molar-refractivity contribution in [2.45, 2.75) is 56.1 Å². The van der Waals surface area contributed by atoms with Crippen molar-refractivity contribution < 1.29 is 29.1 Å². The number of ketones is 4. The van der Waals surface area contributed by atoms with Gasteiger partial charge in [-0.1, -0.05) is 32.6 Å². The SMILES string of the molecule is CN(C)CC#Cc1cc(C(C)(C)C)c(O)c2c1C[C@@]1(N)C[C@@]3(N)[C@H](N(C)C)C(=O)C(C(N)=O)C(=O)[C@@]3(C#N)C(=O)C1C2=O. The summed E-state index contributed by atoms with van der Waals surface area (Å²) in [6, 6.07) is 1.95. The summed E-state index contributed by atoms with van der Waals surface area (Å²) < 4.78 is 0. The lowest BCUT2D eigenvalue weighted by Crippen LogP contribution is -2.85. The van der Waals surface area contributed by atoms with E-state index in [9.17, 15) is 34.3 Å². The van der Waals surface area contributed by atoms with Gasteiger partial charge in [-0.25, -0.2) is 0 Å². The van der Waals surface area contributed by atoms with E-state index in [0.717, 1.165) is 0 Å². The van der Waals surface area contributed by atoms with E-state index >= 15 is 0 Å². The summed E-state index contributed by atoms with van der Waals surface area (Å²) in [5.74, 6) is -3.85. The van der Waals surface area contributed by atoms with Crippen molar-refractivity contribution in [1.82, 2.24) is 9.80 Å². The highest BCUT2D eigenvalue weighted by Crippen LogP contribution is 2.57. The fourth-order valence-electron chi connectivity index (χ4n) is 7.25. The first-order valence-electron chi connectivity index (χ1n) is 13.9. The fourth-order valence-corrected chi connectivity index (χ4v) is 7.25. The van der Waals surface area contributed by atoms with Crippen molar-refractivity contribution in [3.63, 3.8) is 0 Å². The van der Waals surface area contributed by atoms with E-state index in [1.165, 1.54) is 19.0 Å². The van der Waals surface area contributed by atoms with Crippen molar-refractivity contribution in [2.24, 2.45) is 34.5 Å². The molecule has 1 amide bonds. The number of aromatic hydroxyl groups is 1. The van der Waals surface area contributed by atoms with E-state index < -0.39 is 75.2 Å². The first-order valence-corrected chi connectivity index (χ1v) is 13.9. The Morgan fingerprint density at radius 2 is 1.72 bits per heavy atom. The van der Waals surface area contributed by atoms with Crippen LogP contribution in [0.15, 0.2) is 6.07 Å². The number of hydrogen-bond donors (Lipinski definition) is 4. The van der Waals surface area contributed by atoms with E-state index in [1.807, 2.05) is 39.8 Å². The highest BCUT2D eigenvalue weighted by molar-refractivity contribution is 6.33. The van der Waals surface area contributed by atoms with Crippen molar-refractivity contribution in [2.75, 3.05) is 34.7 Å². The molecule has 0 aromatic heterocycles. The van der Waals surface area contributed by atoms with Gasteiger partial charge in [-0.15, -0.1) is 0 Å². The third-order valence-electron chi connectivity index (χ3n) is 9.02. The van der Waals surface area contributed by atoms with Gasteiger partial charge in [-0.2, -0.15) is 5.26 Å². The highest BCUT2D eigenvalue weighted by Gasteiger charge is 2.78. The normalized spacial score (nSPS) is 32.0. The summed E-state index contributed by atoms with van der Waals surface area (Å²) >= 11 is 0. The third kappa shape index (κ3) is 4.32. The zero-order valence-electron chi connectivity index (χ0n) is 25.5. The van der Waals surface area contributed by atoms with Gasteiger partial charge < -0.3 is 22.3 Å². The van der Waals surface area contributed by atoms with Gasteiger partial charge >= 0.3 is 0 Å². The van der Waals surface area contributed by atoms with Crippen LogP contribution in [0.4, 0.5) is 0 Å². The molecular weight excluding hydrogens is 552 g/mol. The maximum atomic E-state index is 14.5.